The van der Waals surface area contributed by atoms with Crippen LogP contribution in [0.15, 0.2) is 24.3 Å². The van der Waals surface area contributed by atoms with Crippen LogP contribution < -0.4 is 16.0 Å². The summed E-state index contributed by atoms with van der Waals surface area (Å²) in [7, 11) is 0. The molecule has 3 N–H and O–H groups in total. The van der Waals surface area contributed by atoms with E-state index in [1.807, 2.05) is 0 Å². The molecule has 1 aliphatic rings. The molecule has 0 bridgehead atoms. The molecule has 0 aromatic heterocycles. The summed E-state index contributed by atoms with van der Waals surface area (Å²) in [6.45, 7) is 6.96. The van der Waals surface area contributed by atoms with Crippen LogP contribution in [-0.4, -0.2) is 42.5 Å². The lowest BCUT2D eigenvalue weighted by molar-refractivity contribution is -0.115. The first-order valence-electron chi connectivity index (χ1n) is 8.30. The van der Waals surface area contributed by atoms with Crippen molar-refractivity contribution in [3.8, 4) is 0 Å². The van der Waals surface area contributed by atoms with Crippen molar-refractivity contribution < 1.29 is 9.59 Å². The summed E-state index contributed by atoms with van der Waals surface area (Å²) in [5, 5.41) is 8.64. The number of nitrogens with zero attached hydrogens (tertiary/aromatic N) is 1. The second-order valence-corrected chi connectivity index (χ2v) is 5.81. The summed E-state index contributed by atoms with van der Waals surface area (Å²) in [6.07, 6.45) is 2.54. The van der Waals surface area contributed by atoms with E-state index in [-0.39, 0.29) is 18.0 Å². The minimum Gasteiger partial charge on any atom is -0.334 e. The smallest absolute Gasteiger partial charge is 0.319 e. The maximum atomic E-state index is 12.1. The van der Waals surface area contributed by atoms with Crippen molar-refractivity contribution in [2.75, 3.05) is 30.3 Å². The van der Waals surface area contributed by atoms with Gasteiger partial charge in [0.25, 0.3) is 0 Å². The van der Waals surface area contributed by atoms with E-state index >= 15 is 0 Å². The van der Waals surface area contributed by atoms with Crippen LogP contribution in [0.3, 0.4) is 0 Å². The Balaban J connectivity index is 1.87. The van der Waals surface area contributed by atoms with Crippen molar-refractivity contribution in [1.29, 1.82) is 0 Å². The van der Waals surface area contributed by atoms with Crippen molar-refractivity contribution in [3.63, 3.8) is 0 Å². The number of likely N-dealkylation sites (tertiary alicyclic amines) is 1. The third-order valence-corrected chi connectivity index (χ3v) is 4.01. The fourth-order valence-electron chi connectivity index (χ4n) is 2.74. The zero-order chi connectivity index (χ0) is 16.7. The number of hydrogen-bond donors (Lipinski definition) is 3. The normalized spacial score (nSPS) is 18.3. The van der Waals surface area contributed by atoms with Gasteiger partial charge in [-0.1, -0.05) is 19.9 Å². The molecule has 1 saturated heterocycles. The van der Waals surface area contributed by atoms with Crippen molar-refractivity contribution >= 4 is 23.3 Å². The third-order valence-electron chi connectivity index (χ3n) is 4.01. The molecule has 1 aromatic rings. The Kier molecular flexibility index (Phi) is 6.40. The van der Waals surface area contributed by atoms with Crippen LogP contribution in [0.25, 0.3) is 0 Å². The molecule has 0 saturated carbocycles. The molecule has 3 amide bonds. The Labute approximate surface area is 137 Å². The van der Waals surface area contributed by atoms with Gasteiger partial charge in [-0.15, -0.1) is 0 Å². The molecular formula is C17H26N4O2. The van der Waals surface area contributed by atoms with Crippen molar-refractivity contribution in [1.82, 2.24) is 10.2 Å². The van der Waals surface area contributed by atoms with Gasteiger partial charge in [0.15, 0.2) is 0 Å². The summed E-state index contributed by atoms with van der Waals surface area (Å²) < 4.78 is 0. The maximum absolute atomic E-state index is 12.1. The lowest BCUT2D eigenvalue weighted by Crippen LogP contribution is -2.48. The van der Waals surface area contributed by atoms with E-state index in [0.717, 1.165) is 32.5 Å². The Morgan fingerprint density at radius 3 is 2.65 bits per heavy atom. The monoisotopic (exact) mass is 318 g/mol. The van der Waals surface area contributed by atoms with Crippen LogP contribution in [-0.2, 0) is 4.79 Å². The van der Waals surface area contributed by atoms with E-state index in [1.54, 1.807) is 31.2 Å². The average Bonchev–Trinajstić information content (AvgIpc) is 2.55. The van der Waals surface area contributed by atoms with Gasteiger partial charge in [0.05, 0.1) is 0 Å². The SMILES string of the molecule is CCC(=O)Nc1cccc(NC(=O)N[C@@H]2CCCN(CC)C2)c1. The van der Waals surface area contributed by atoms with Crippen LogP contribution in [0.2, 0.25) is 0 Å². The largest absolute Gasteiger partial charge is 0.334 e. The number of likely N-dealkylation sites (N-methyl/N-ethyl adjacent to an activating group) is 1. The first-order valence-corrected chi connectivity index (χ1v) is 8.30. The molecule has 126 valence electrons. The highest BCUT2D eigenvalue weighted by Crippen LogP contribution is 2.16. The fraction of sp³-hybridized carbons (Fsp3) is 0.529. The molecule has 6 heteroatoms. The van der Waals surface area contributed by atoms with Crippen molar-refractivity contribution in [2.24, 2.45) is 0 Å². The van der Waals surface area contributed by atoms with E-state index in [9.17, 15) is 9.59 Å². The molecule has 1 aliphatic heterocycles. The quantitative estimate of drug-likeness (QED) is 0.781. The number of carbonyl (C=O) groups is 2. The van der Waals surface area contributed by atoms with E-state index in [0.29, 0.717) is 17.8 Å². The number of nitrogens with one attached hydrogen (secondary N) is 3. The number of carbonyl (C=O) groups excluding carboxylic acids is 2. The summed E-state index contributed by atoms with van der Waals surface area (Å²) in [4.78, 5) is 25.9. The van der Waals surface area contributed by atoms with E-state index in [2.05, 4.69) is 27.8 Å². The van der Waals surface area contributed by atoms with Crippen LogP contribution >= 0.6 is 0 Å². The minimum absolute atomic E-state index is 0.0477. The number of hydrogen-bond acceptors (Lipinski definition) is 3. The molecule has 0 aliphatic carbocycles. The predicted octanol–water partition coefficient (Wildman–Crippen LogP) is 2.64. The molecule has 1 aromatic carbocycles. The number of piperidine rings is 1. The molecule has 6 nitrogen and oxygen atoms in total. The molecular weight excluding hydrogens is 292 g/mol. The molecule has 0 spiro atoms. The second kappa shape index (κ2) is 8.53. The summed E-state index contributed by atoms with van der Waals surface area (Å²) >= 11 is 0. The predicted molar refractivity (Wildman–Crippen MR) is 92.7 cm³/mol. The van der Waals surface area contributed by atoms with Crippen LogP contribution in [0.5, 0.6) is 0 Å². The lowest BCUT2D eigenvalue weighted by Gasteiger charge is -2.32. The van der Waals surface area contributed by atoms with Gasteiger partial charge in [0, 0.05) is 30.4 Å². The zero-order valence-corrected chi connectivity index (χ0v) is 13.9. The Morgan fingerprint density at radius 1 is 1.22 bits per heavy atom. The fourth-order valence-corrected chi connectivity index (χ4v) is 2.74. The molecule has 0 unspecified atom stereocenters. The number of benzene rings is 1. The number of amides is 3. The van der Waals surface area contributed by atoms with Gasteiger partial charge in [0.2, 0.25) is 5.91 Å². The van der Waals surface area contributed by atoms with Gasteiger partial charge in [-0.25, -0.2) is 4.79 Å². The number of rotatable bonds is 5. The highest BCUT2D eigenvalue weighted by atomic mass is 16.2. The van der Waals surface area contributed by atoms with E-state index in [1.165, 1.54) is 0 Å². The molecule has 2 rings (SSSR count). The summed E-state index contributed by atoms with van der Waals surface area (Å²) in [5.74, 6) is -0.0477. The second-order valence-electron chi connectivity index (χ2n) is 5.81. The van der Waals surface area contributed by atoms with Gasteiger partial charge < -0.3 is 20.9 Å². The highest BCUT2D eigenvalue weighted by molar-refractivity contribution is 5.93. The molecule has 23 heavy (non-hydrogen) atoms. The standard InChI is InChI=1S/C17H26N4O2/c1-3-16(22)18-13-7-5-8-14(11-13)19-17(23)20-15-9-6-10-21(4-2)12-15/h5,7-8,11,15H,3-4,6,9-10,12H2,1-2H3,(H,18,22)(H2,19,20,23)/t15-/m1/s1. The third kappa shape index (κ3) is 5.56. The minimum atomic E-state index is -0.202. The first-order chi connectivity index (χ1) is 11.1. The molecule has 1 heterocycles. The topological polar surface area (TPSA) is 73.5 Å². The number of anilines is 2. The summed E-state index contributed by atoms with van der Waals surface area (Å²) in [5.41, 5.74) is 1.35. The zero-order valence-electron chi connectivity index (χ0n) is 13.9. The van der Waals surface area contributed by atoms with Crippen molar-refractivity contribution in [3.05, 3.63) is 24.3 Å². The number of urea groups is 1. The molecule has 1 atom stereocenters. The Morgan fingerprint density at radius 2 is 1.96 bits per heavy atom. The van der Waals surface area contributed by atoms with Gasteiger partial charge in [-0.05, 0) is 44.1 Å². The maximum Gasteiger partial charge on any atom is 0.319 e. The van der Waals surface area contributed by atoms with E-state index < -0.39 is 0 Å². The summed E-state index contributed by atoms with van der Waals surface area (Å²) in [6, 6.07) is 7.16. The molecule has 0 radical (unpaired) electrons. The highest BCUT2D eigenvalue weighted by Gasteiger charge is 2.20. The van der Waals surface area contributed by atoms with Gasteiger partial charge in [-0.2, -0.15) is 0 Å². The van der Waals surface area contributed by atoms with E-state index in [4.69, 9.17) is 0 Å². The average molecular weight is 318 g/mol. The van der Waals surface area contributed by atoms with Crippen LogP contribution in [0, 0.1) is 0 Å². The van der Waals surface area contributed by atoms with Crippen molar-refractivity contribution in [2.45, 2.75) is 39.2 Å². The van der Waals surface area contributed by atoms with Gasteiger partial charge in [-0.3, -0.25) is 4.79 Å². The van der Waals surface area contributed by atoms with Gasteiger partial charge in [0.1, 0.15) is 0 Å². The van der Waals surface area contributed by atoms with Crippen LogP contribution in [0.4, 0.5) is 16.2 Å². The van der Waals surface area contributed by atoms with Gasteiger partial charge >= 0.3 is 6.03 Å². The Hall–Kier alpha value is -2.08. The Bertz CT molecular complexity index is 547. The van der Waals surface area contributed by atoms with Crippen LogP contribution in [0.1, 0.15) is 33.1 Å². The molecule has 1 fully saturated rings. The first kappa shape index (κ1) is 17.3. The lowest BCUT2D eigenvalue weighted by atomic mass is 10.1.